The van der Waals surface area contributed by atoms with Gasteiger partial charge in [0.05, 0.1) is 2.74 Å². The molecule has 0 bridgehead atoms. The Morgan fingerprint density at radius 2 is 1.89 bits per heavy atom. The molecule has 0 aromatic carbocycles. The van der Waals surface area contributed by atoms with Gasteiger partial charge in [0.15, 0.2) is 6.19 Å². The quantitative estimate of drug-likeness (QED) is 0.430. The van der Waals surface area contributed by atoms with Crippen molar-refractivity contribution in [3.63, 3.8) is 0 Å². The molecule has 0 aliphatic carbocycles. The zero-order chi connectivity index (χ0) is 19.3. The molecule has 0 amide bonds. The predicted octanol–water partition coefficient (Wildman–Crippen LogP) is 1.59. The van der Waals surface area contributed by atoms with Gasteiger partial charge in [-0.3, -0.25) is 0 Å². The van der Waals surface area contributed by atoms with Gasteiger partial charge in [-0.05, 0) is 27.4 Å². The molecule has 0 fully saturated rings. The first-order valence-electron chi connectivity index (χ1n) is 8.89. The van der Waals surface area contributed by atoms with E-state index in [0.29, 0.717) is 0 Å². The number of nitriles is 1. The van der Waals surface area contributed by atoms with Crippen molar-refractivity contribution in [2.75, 3.05) is 0 Å². The third-order valence-electron chi connectivity index (χ3n) is 0.547. The molecule has 0 spiro atoms. The lowest BCUT2D eigenvalue weighted by Gasteiger charge is -2.23. The molecule has 9 heavy (non-hydrogen) atoms. The highest BCUT2D eigenvalue weighted by Gasteiger charge is 2.08. The molecule has 2 nitrogen and oxygen atoms in total. The van der Waals surface area contributed by atoms with Crippen LogP contribution >= 0.6 is 0 Å². The normalized spacial score (nSPS) is 40.8. The number of rotatable bonds is 2. The summed E-state index contributed by atoms with van der Waals surface area (Å²) in [5.74, 6) is 0. The third kappa shape index (κ3) is 2.36. The molecule has 0 heterocycles. The van der Waals surface area contributed by atoms with Crippen LogP contribution in [-0.2, 0) is 0 Å². The lowest BCUT2D eigenvalue weighted by atomic mass is 10.2. The van der Waals surface area contributed by atoms with Crippen LogP contribution in [-0.4, -0.2) is 16.9 Å². The van der Waals surface area contributed by atoms with Gasteiger partial charge in [-0.1, -0.05) is 0 Å². The molecule has 0 saturated carbocycles. The lowest BCUT2D eigenvalue weighted by molar-refractivity contribution is 0.270. The number of hydrogen-bond donors (Lipinski definition) is 0. The summed E-state index contributed by atoms with van der Waals surface area (Å²) in [5, 5.41) is 9.09. The summed E-state index contributed by atoms with van der Waals surface area (Å²) in [6.45, 7) is -15.2. The van der Waals surface area contributed by atoms with Crippen LogP contribution in [0.5, 0.6) is 0 Å². The van der Waals surface area contributed by atoms with Crippen LogP contribution in [0.15, 0.2) is 0 Å². The fourth-order valence-corrected chi connectivity index (χ4v) is 0.212. The van der Waals surface area contributed by atoms with Gasteiger partial charge >= 0.3 is 0 Å². The van der Waals surface area contributed by atoms with Crippen LogP contribution in [0.25, 0.3) is 0 Å². The van der Waals surface area contributed by atoms with Crippen molar-refractivity contribution in [3.8, 4) is 6.19 Å². The first-order chi connectivity index (χ1) is 9.69. The summed E-state index contributed by atoms with van der Waals surface area (Å²) in [4.78, 5) is -0.778. The van der Waals surface area contributed by atoms with Gasteiger partial charge in [-0.15, -0.1) is 0 Å². The molecule has 0 atom stereocenters. The highest BCUT2D eigenvalue weighted by molar-refractivity contribution is 4.79. The SMILES string of the molecule is [2H]C([2H])([2H])C([2H])(N(C#N)C([2H])(C([2H])([2H])[2H])C([2H])([2H])[2H])C([2H])([2H])[2H]. The summed E-state index contributed by atoms with van der Waals surface area (Å²) in [5.41, 5.74) is 0. The van der Waals surface area contributed by atoms with Crippen molar-refractivity contribution >= 4 is 0 Å². The lowest BCUT2D eigenvalue weighted by Crippen LogP contribution is -2.32. The maximum atomic E-state index is 9.09. The number of nitrogens with zero attached hydrogens (tertiary/aromatic N) is 2. The van der Waals surface area contributed by atoms with E-state index >= 15 is 0 Å². The van der Waals surface area contributed by atoms with E-state index in [1.807, 2.05) is 0 Å². The van der Waals surface area contributed by atoms with Gasteiger partial charge in [0.1, 0.15) is 0 Å². The molecular weight excluding hydrogens is 112 g/mol. The van der Waals surface area contributed by atoms with Gasteiger partial charge in [0, 0.05) is 28.5 Å². The predicted molar refractivity (Wildman–Crippen MR) is 37.7 cm³/mol. The first kappa shape index (κ1) is 0.972. The molecule has 0 rings (SSSR count). The van der Waals surface area contributed by atoms with Gasteiger partial charge < -0.3 is 4.90 Å². The van der Waals surface area contributed by atoms with E-state index in [-0.39, 0.29) is 0 Å². The Balaban J connectivity index is 6.85. The Kier molecular flexibility index (Phi) is 0.361. The zero-order valence-electron chi connectivity index (χ0n) is 18.4. The Hall–Kier alpha value is -0.710. The summed E-state index contributed by atoms with van der Waals surface area (Å²) < 4.78 is 102. The van der Waals surface area contributed by atoms with Gasteiger partial charge in [0.25, 0.3) is 0 Å². The minimum Gasteiger partial charge on any atom is -0.306 e. The Bertz CT molecular complexity index is 406. The van der Waals surface area contributed by atoms with Crippen molar-refractivity contribution in [2.24, 2.45) is 0 Å². The maximum Gasteiger partial charge on any atom is 0.179 e. The average molecular weight is 140 g/mol. The van der Waals surface area contributed by atoms with E-state index in [1.165, 1.54) is 0 Å². The highest BCUT2D eigenvalue weighted by atomic mass is 15.2. The molecule has 2 heteroatoms. The molecule has 0 radical (unpaired) electrons. The van der Waals surface area contributed by atoms with Gasteiger partial charge in [-0.25, -0.2) is 0 Å². The second-order valence-electron chi connectivity index (χ2n) is 1.13. The van der Waals surface area contributed by atoms with E-state index in [2.05, 4.69) is 0 Å². The zero-order valence-corrected chi connectivity index (χ0v) is 4.39. The summed E-state index contributed by atoms with van der Waals surface area (Å²) in [7, 11) is 0. The average Bonchev–Trinajstić information content (AvgIpc) is 2.22. The van der Waals surface area contributed by atoms with Gasteiger partial charge in [0.2, 0.25) is 0 Å². The van der Waals surface area contributed by atoms with Gasteiger partial charge in [-0.2, -0.15) is 5.26 Å². The standard InChI is InChI=1S/C7H14N2/c1-6(2)9(5-8)7(3)4/h6-7H,1-4H3/i1D3,2D3,3D3,4D3,6D,7D. The minimum atomic E-state index is -3.95. The molecule has 0 unspecified atom stereocenters. The summed E-state index contributed by atoms with van der Waals surface area (Å²) >= 11 is 0. The summed E-state index contributed by atoms with van der Waals surface area (Å²) in [6.07, 6.45) is 0.828. The molecule has 0 saturated heterocycles. The van der Waals surface area contributed by atoms with Crippen molar-refractivity contribution in [3.05, 3.63) is 0 Å². The van der Waals surface area contributed by atoms with E-state index in [0.717, 1.165) is 6.19 Å². The third-order valence-corrected chi connectivity index (χ3v) is 0.547. The van der Waals surface area contributed by atoms with E-state index in [4.69, 9.17) is 24.5 Å². The molecule has 0 aliphatic heterocycles. The van der Waals surface area contributed by atoms with Crippen LogP contribution in [0.3, 0.4) is 0 Å². The van der Waals surface area contributed by atoms with Crippen LogP contribution < -0.4 is 0 Å². The molecular formula is C7H14N2. The van der Waals surface area contributed by atoms with Crippen LogP contribution in [0, 0.1) is 11.5 Å². The Morgan fingerprint density at radius 3 is 2.11 bits per heavy atom. The monoisotopic (exact) mass is 140 g/mol. The summed E-state index contributed by atoms with van der Waals surface area (Å²) in [6, 6.07) is -7.89. The van der Waals surface area contributed by atoms with E-state index in [1.54, 1.807) is 0 Å². The molecule has 0 N–H and O–H groups in total. The molecule has 0 aromatic rings. The topological polar surface area (TPSA) is 27.0 Å². The number of hydrogen-bond acceptors (Lipinski definition) is 2. The Morgan fingerprint density at radius 1 is 1.44 bits per heavy atom. The van der Waals surface area contributed by atoms with Crippen molar-refractivity contribution in [1.29, 1.82) is 5.26 Å². The second kappa shape index (κ2) is 3.34. The van der Waals surface area contributed by atoms with Crippen molar-refractivity contribution in [1.82, 2.24) is 4.90 Å². The van der Waals surface area contributed by atoms with Crippen LogP contribution in [0.4, 0.5) is 0 Å². The van der Waals surface area contributed by atoms with Crippen LogP contribution in [0.2, 0.25) is 0 Å². The maximum absolute atomic E-state index is 9.09. The first-order valence-corrected chi connectivity index (χ1v) is 1.89. The Labute approximate surface area is 76.8 Å². The van der Waals surface area contributed by atoms with E-state index in [9.17, 15) is 0 Å². The molecule has 52 valence electrons. The second-order valence-corrected chi connectivity index (χ2v) is 1.13. The van der Waals surface area contributed by atoms with Crippen LogP contribution in [0.1, 0.15) is 46.6 Å². The molecule has 0 aliphatic rings. The van der Waals surface area contributed by atoms with Crippen molar-refractivity contribution < 1.29 is 19.2 Å². The fourth-order valence-electron chi connectivity index (χ4n) is 0.212. The molecule has 0 aromatic heterocycles. The minimum absolute atomic E-state index is 0.778. The highest BCUT2D eigenvalue weighted by Crippen LogP contribution is 2.00. The smallest absolute Gasteiger partial charge is 0.179 e. The van der Waals surface area contributed by atoms with E-state index < -0.39 is 44.3 Å². The largest absolute Gasteiger partial charge is 0.306 e. The fraction of sp³-hybridized carbons (Fsp3) is 0.857. The van der Waals surface area contributed by atoms with Crippen molar-refractivity contribution in [2.45, 2.75) is 39.4 Å².